The third kappa shape index (κ3) is 4.47. The number of nitrogens with zero attached hydrogens (tertiary/aromatic N) is 1. The first-order valence-electron chi connectivity index (χ1n) is 8.19. The van der Waals surface area contributed by atoms with E-state index in [2.05, 4.69) is 11.8 Å². The summed E-state index contributed by atoms with van der Waals surface area (Å²) in [4.78, 5) is 14.9. The molecule has 1 aromatic rings. The van der Waals surface area contributed by atoms with Gasteiger partial charge in [-0.3, -0.25) is 4.79 Å². The lowest BCUT2D eigenvalue weighted by Crippen LogP contribution is -2.34. The molecule has 1 aromatic carbocycles. The zero-order valence-electron chi connectivity index (χ0n) is 13.8. The van der Waals surface area contributed by atoms with E-state index in [1.807, 2.05) is 19.9 Å². The van der Waals surface area contributed by atoms with Gasteiger partial charge in [-0.15, -0.1) is 0 Å². The smallest absolute Gasteiger partial charge is 0.167 e. The standard InChI is InChI=1S/C18H26ClNO2/c1-4-22-18-11-14(3)16(19)12-15(18)17(21)7-10-20-8-5-13(2)6-9-20/h11-13H,4-10H2,1-3H3. The van der Waals surface area contributed by atoms with E-state index in [0.29, 0.717) is 29.4 Å². The van der Waals surface area contributed by atoms with Crippen LogP contribution < -0.4 is 4.74 Å². The lowest BCUT2D eigenvalue weighted by atomic mass is 9.98. The number of hydrogen-bond acceptors (Lipinski definition) is 3. The predicted octanol–water partition coefficient (Wildman–Crippen LogP) is 4.35. The Morgan fingerprint density at radius 2 is 2.05 bits per heavy atom. The number of rotatable bonds is 6. The van der Waals surface area contributed by atoms with Crippen molar-refractivity contribution in [2.24, 2.45) is 5.92 Å². The Hall–Kier alpha value is -1.06. The SMILES string of the molecule is CCOc1cc(C)c(Cl)cc1C(=O)CCN1CCC(C)CC1. The van der Waals surface area contributed by atoms with Crippen LogP contribution in [0.5, 0.6) is 5.75 Å². The van der Waals surface area contributed by atoms with Crippen molar-refractivity contribution in [3.8, 4) is 5.75 Å². The second-order valence-corrected chi connectivity index (χ2v) is 6.64. The summed E-state index contributed by atoms with van der Waals surface area (Å²) in [5.41, 5.74) is 1.55. The molecule has 0 unspecified atom stereocenters. The number of halogens is 1. The number of Topliss-reactive ketones (excluding diaryl/α,β-unsaturated/α-hetero) is 1. The van der Waals surface area contributed by atoms with Crippen LogP contribution in [0.2, 0.25) is 5.02 Å². The van der Waals surface area contributed by atoms with Crippen molar-refractivity contribution in [2.45, 2.75) is 40.0 Å². The van der Waals surface area contributed by atoms with Crippen LogP contribution in [0.4, 0.5) is 0 Å². The number of carbonyl (C=O) groups excluding carboxylic acids is 1. The molecule has 0 aliphatic carbocycles. The number of likely N-dealkylation sites (tertiary alicyclic amines) is 1. The number of ketones is 1. The molecule has 0 N–H and O–H groups in total. The number of hydrogen-bond donors (Lipinski definition) is 0. The predicted molar refractivity (Wildman–Crippen MR) is 91.1 cm³/mol. The van der Waals surface area contributed by atoms with Crippen molar-refractivity contribution in [1.29, 1.82) is 0 Å². The minimum Gasteiger partial charge on any atom is -0.493 e. The van der Waals surface area contributed by atoms with Gasteiger partial charge in [0, 0.05) is 18.0 Å². The highest BCUT2D eigenvalue weighted by Gasteiger charge is 2.19. The zero-order chi connectivity index (χ0) is 16.1. The van der Waals surface area contributed by atoms with Crippen molar-refractivity contribution in [3.63, 3.8) is 0 Å². The van der Waals surface area contributed by atoms with Crippen LogP contribution in [0.25, 0.3) is 0 Å². The third-order valence-corrected chi connectivity index (χ3v) is 4.80. The number of piperidine rings is 1. The maximum Gasteiger partial charge on any atom is 0.167 e. The van der Waals surface area contributed by atoms with E-state index < -0.39 is 0 Å². The summed E-state index contributed by atoms with van der Waals surface area (Å²) in [5, 5.41) is 0.624. The summed E-state index contributed by atoms with van der Waals surface area (Å²) in [6.07, 6.45) is 2.98. The Morgan fingerprint density at radius 3 is 2.68 bits per heavy atom. The Balaban J connectivity index is 2.01. The fourth-order valence-corrected chi connectivity index (χ4v) is 2.99. The van der Waals surface area contributed by atoms with Gasteiger partial charge in [0.25, 0.3) is 0 Å². The quantitative estimate of drug-likeness (QED) is 0.729. The second kappa shape index (κ2) is 7.98. The second-order valence-electron chi connectivity index (χ2n) is 6.23. The molecule has 2 rings (SSSR count). The lowest BCUT2D eigenvalue weighted by molar-refractivity contribution is 0.0949. The van der Waals surface area contributed by atoms with Gasteiger partial charge in [0.05, 0.1) is 12.2 Å². The Labute approximate surface area is 138 Å². The Morgan fingerprint density at radius 1 is 1.36 bits per heavy atom. The molecule has 4 heteroatoms. The molecular weight excluding hydrogens is 298 g/mol. The van der Waals surface area contributed by atoms with Gasteiger partial charge in [0.15, 0.2) is 5.78 Å². The molecule has 0 amide bonds. The van der Waals surface area contributed by atoms with Gasteiger partial charge < -0.3 is 9.64 Å². The fraction of sp³-hybridized carbons (Fsp3) is 0.611. The normalized spacial score (nSPS) is 16.7. The topological polar surface area (TPSA) is 29.5 Å². The number of aryl methyl sites for hydroxylation is 1. The van der Waals surface area contributed by atoms with Crippen molar-refractivity contribution in [2.75, 3.05) is 26.2 Å². The molecule has 0 atom stereocenters. The monoisotopic (exact) mass is 323 g/mol. The van der Waals surface area contributed by atoms with Crippen LogP contribution in [-0.2, 0) is 0 Å². The van der Waals surface area contributed by atoms with E-state index in [-0.39, 0.29) is 5.78 Å². The minimum absolute atomic E-state index is 0.115. The van der Waals surface area contributed by atoms with E-state index in [0.717, 1.165) is 31.1 Å². The van der Waals surface area contributed by atoms with Crippen LogP contribution in [0.3, 0.4) is 0 Å². The van der Waals surface area contributed by atoms with Crippen LogP contribution >= 0.6 is 11.6 Å². The van der Waals surface area contributed by atoms with Gasteiger partial charge in [-0.2, -0.15) is 0 Å². The molecule has 1 heterocycles. The largest absolute Gasteiger partial charge is 0.493 e. The average molecular weight is 324 g/mol. The first-order chi connectivity index (χ1) is 10.5. The number of benzene rings is 1. The molecule has 0 aromatic heterocycles. The first-order valence-corrected chi connectivity index (χ1v) is 8.57. The molecule has 1 aliphatic rings. The Kier molecular flexibility index (Phi) is 6.27. The number of ether oxygens (including phenoxy) is 1. The molecule has 122 valence electrons. The fourth-order valence-electron chi connectivity index (χ4n) is 2.83. The van der Waals surface area contributed by atoms with Crippen LogP contribution in [0.1, 0.15) is 49.0 Å². The van der Waals surface area contributed by atoms with Gasteiger partial charge in [-0.05, 0) is 63.4 Å². The van der Waals surface area contributed by atoms with E-state index in [1.54, 1.807) is 6.07 Å². The molecule has 3 nitrogen and oxygen atoms in total. The third-order valence-electron chi connectivity index (χ3n) is 4.39. The summed E-state index contributed by atoms with van der Waals surface area (Å²) in [6, 6.07) is 3.62. The minimum atomic E-state index is 0.115. The summed E-state index contributed by atoms with van der Waals surface area (Å²) in [7, 11) is 0. The molecule has 0 radical (unpaired) electrons. The molecule has 1 saturated heterocycles. The Bertz CT molecular complexity index is 522. The van der Waals surface area contributed by atoms with Crippen LogP contribution in [-0.4, -0.2) is 36.9 Å². The molecule has 22 heavy (non-hydrogen) atoms. The van der Waals surface area contributed by atoms with Crippen molar-refractivity contribution in [1.82, 2.24) is 4.90 Å². The lowest BCUT2D eigenvalue weighted by Gasteiger charge is -2.29. The molecule has 0 saturated carbocycles. The van der Waals surface area contributed by atoms with Gasteiger partial charge in [-0.1, -0.05) is 18.5 Å². The van der Waals surface area contributed by atoms with Crippen LogP contribution in [0.15, 0.2) is 12.1 Å². The highest BCUT2D eigenvalue weighted by Crippen LogP contribution is 2.28. The van der Waals surface area contributed by atoms with E-state index in [1.165, 1.54) is 12.8 Å². The first kappa shape index (κ1) is 17.3. The van der Waals surface area contributed by atoms with Crippen molar-refractivity contribution in [3.05, 3.63) is 28.3 Å². The van der Waals surface area contributed by atoms with E-state index in [9.17, 15) is 4.79 Å². The van der Waals surface area contributed by atoms with Gasteiger partial charge in [0.1, 0.15) is 5.75 Å². The molecule has 1 fully saturated rings. The molecule has 1 aliphatic heterocycles. The van der Waals surface area contributed by atoms with Crippen molar-refractivity contribution >= 4 is 17.4 Å². The van der Waals surface area contributed by atoms with E-state index in [4.69, 9.17) is 16.3 Å². The molecule has 0 spiro atoms. The van der Waals surface area contributed by atoms with Gasteiger partial charge in [0.2, 0.25) is 0 Å². The number of carbonyl (C=O) groups is 1. The summed E-state index contributed by atoms with van der Waals surface area (Å²) < 4.78 is 5.61. The maximum absolute atomic E-state index is 12.5. The highest BCUT2D eigenvalue weighted by molar-refractivity contribution is 6.31. The van der Waals surface area contributed by atoms with Crippen molar-refractivity contribution < 1.29 is 9.53 Å². The summed E-state index contributed by atoms with van der Waals surface area (Å²) >= 11 is 6.18. The summed E-state index contributed by atoms with van der Waals surface area (Å²) in [5.74, 6) is 1.58. The zero-order valence-corrected chi connectivity index (χ0v) is 14.6. The van der Waals surface area contributed by atoms with Gasteiger partial charge >= 0.3 is 0 Å². The van der Waals surface area contributed by atoms with Crippen LogP contribution in [0, 0.1) is 12.8 Å². The molecule has 0 bridgehead atoms. The summed E-state index contributed by atoms with van der Waals surface area (Å²) in [6.45, 7) is 9.71. The highest BCUT2D eigenvalue weighted by atomic mass is 35.5. The maximum atomic E-state index is 12.5. The van der Waals surface area contributed by atoms with Gasteiger partial charge in [-0.25, -0.2) is 0 Å². The van der Waals surface area contributed by atoms with E-state index >= 15 is 0 Å². The average Bonchev–Trinajstić information content (AvgIpc) is 2.50. The molecular formula is C18H26ClNO2.